The first kappa shape index (κ1) is 19.2. The smallest absolute Gasteiger partial charge is 0.326 e. The predicted molar refractivity (Wildman–Crippen MR) is 108 cm³/mol. The number of pyridine rings is 1. The molecule has 2 aromatic carbocycles. The van der Waals surface area contributed by atoms with Crippen LogP contribution in [0.3, 0.4) is 0 Å². The van der Waals surface area contributed by atoms with Crippen molar-refractivity contribution in [1.29, 1.82) is 0 Å². The highest BCUT2D eigenvalue weighted by Crippen LogP contribution is 2.38. The molecule has 1 heterocycles. The van der Waals surface area contributed by atoms with Crippen LogP contribution in [0.4, 0.5) is 5.69 Å². The Hall–Kier alpha value is -3.54. The number of aliphatic carboxylic acids is 1. The van der Waals surface area contributed by atoms with Crippen LogP contribution in [0, 0.1) is 0 Å². The van der Waals surface area contributed by atoms with Gasteiger partial charge in [-0.2, -0.15) is 0 Å². The Kier molecular flexibility index (Phi) is 6.11. The van der Waals surface area contributed by atoms with Crippen LogP contribution < -0.4 is 14.8 Å². The molecule has 0 spiro atoms. The summed E-state index contributed by atoms with van der Waals surface area (Å²) < 4.78 is 10.9. The van der Waals surface area contributed by atoms with Crippen LogP contribution in [-0.4, -0.2) is 36.3 Å². The molecule has 0 saturated heterocycles. The molecule has 0 aliphatic carbocycles. The van der Waals surface area contributed by atoms with Gasteiger partial charge in [0.2, 0.25) is 0 Å². The highest BCUT2D eigenvalue weighted by atomic mass is 16.5. The van der Waals surface area contributed by atoms with Crippen LogP contribution in [0.25, 0.3) is 11.1 Å². The van der Waals surface area contributed by atoms with Crippen molar-refractivity contribution in [1.82, 2.24) is 4.98 Å². The lowest BCUT2D eigenvalue weighted by Crippen LogP contribution is -2.31. The van der Waals surface area contributed by atoms with Gasteiger partial charge >= 0.3 is 5.97 Å². The number of carboxylic acids is 1. The average Bonchev–Trinajstić information content (AvgIpc) is 2.74. The Morgan fingerprint density at radius 2 is 1.61 bits per heavy atom. The monoisotopic (exact) mass is 378 g/mol. The van der Waals surface area contributed by atoms with Crippen molar-refractivity contribution >= 4 is 11.7 Å². The number of nitrogens with one attached hydrogen (secondary N) is 1. The summed E-state index contributed by atoms with van der Waals surface area (Å²) in [6, 6.07) is 16.1. The van der Waals surface area contributed by atoms with Crippen molar-refractivity contribution in [3.63, 3.8) is 0 Å². The number of rotatable bonds is 8. The lowest BCUT2D eigenvalue weighted by Gasteiger charge is -2.17. The van der Waals surface area contributed by atoms with Crippen molar-refractivity contribution in [3.8, 4) is 22.6 Å². The first-order chi connectivity index (χ1) is 13.6. The van der Waals surface area contributed by atoms with E-state index in [1.807, 2.05) is 42.5 Å². The van der Waals surface area contributed by atoms with E-state index < -0.39 is 12.0 Å². The molecule has 28 heavy (non-hydrogen) atoms. The van der Waals surface area contributed by atoms with Gasteiger partial charge in [-0.3, -0.25) is 4.98 Å². The third-order valence-corrected chi connectivity index (χ3v) is 4.43. The van der Waals surface area contributed by atoms with Gasteiger partial charge in [0.25, 0.3) is 0 Å². The van der Waals surface area contributed by atoms with Gasteiger partial charge in [0.15, 0.2) is 0 Å². The lowest BCUT2D eigenvalue weighted by atomic mass is 9.99. The number of hydrogen-bond donors (Lipinski definition) is 2. The summed E-state index contributed by atoms with van der Waals surface area (Å²) in [5.74, 6) is 0.525. The molecule has 2 N–H and O–H groups in total. The summed E-state index contributed by atoms with van der Waals surface area (Å²) in [6.45, 7) is 0. The Morgan fingerprint density at radius 1 is 1.00 bits per heavy atom. The zero-order valence-electron chi connectivity index (χ0n) is 15.8. The predicted octanol–water partition coefficient (Wildman–Crippen LogP) is 3.87. The topological polar surface area (TPSA) is 80.7 Å². The van der Waals surface area contributed by atoms with Gasteiger partial charge in [-0.05, 0) is 35.4 Å². The SMILES string of the molecule is COc1cccc(OC)c1-c1ccc(CC(Nc2ccncc2)C(=O)O)cc1. The van der Waals surface area contributed by atoms with Crippen LogP contribution in [0.15, 0.2) is 67.0 Å². The van der Waals surface area contributed by atoms with Gasteiger partial charge in [-0.15, -0.1) is 0 Å². The van der Waals surface area contributed by atoms with Gasteiger partial charge in [-0.25, -0.2) is 4.79 Å². The van der Waals surface area contributed by atoms with Crippen molar-refractivity contribution in [3.05, 3.63) is 72.6 Å². The number of anilines is 1. The molecule has 0 saturated carbocycles. The summed E-state index contributed by atoms with van der Waals surface area (Å²) in [4.78, 5) is 15.6. The summed E-state index contributed by atoms with van der Waals surface area (Å²) in [7, 11) is 3.24. The highest BCUT2D eigenvalue weighted by molar-refractivity contribution is 5.79. The Labute approximate surface area is 163 Å². The van der Waals surface area contributed by atoms with E-state index >= 15 is 0 Å². The van der Waals surface area contributed by atoms with Crippen LogP contribution in [0.5, 0.6) is 11.5 Å². The summed E-state index contributed by atoms with van der Waals surface area (Å²) in [5.41, 5.74) is 3.43. The standard InChI is InChI=1S/C22H22N2O4/c1-27-19-4-3-5-20(28-2)21(19)16-8-6-15(7-9-16)14-18(22(25)26)24-17-10-12-23-13-11-17/h3-13,18H,14H2,1-2H3,(H,23,24)(H,25,26). The largest absolute Gasteiger partial charge is 0.496 e. The number of methoxy groups -OCH3 is 2. The molecule has 144 valence electrons. The number of nitrogens with zero attached hydrogens (tertiary/aromatic N) is 1. The second-order valence-corrected chi connectivity index (χ2v) is 6.21. The van der Waals surface area contributed by atoms with Crippen molar-refractivity contribution in [2.75, 3.05) is 19.5 Å². The fourth-order valence-corrected chi connectivity index (χ4v) is 3.03. The van der Waals surface area contributed by atoms with Gasteiger partial charge in [0, 0.05) is 24.5 Å². The molecule has 6 nitrogen and oxygen atoms in total. The van der Waals surface area contributed by atoms with Crippen LogP contribution in [0.2, 0.25) is 0 Å². The van der Waals surface area contributed by atoms with E-state index in [4.69, 9.17) is 9.47 Å². The molecule has 1 aromatic heterocycles. The van der Waals surface area contributed by atoms with E-state index in [1.54, 1.807) is 38.7 Å². The number of hydrogen-bond acceptors (Lipinski definition) is 5. The van der Waals surface area contributed by atoms with E-state index in [1.165, 1.54) is 0 Å². The number of aromatic nitrogens is 1. The second kappa shape index (κ2) is 8.90. The van der Waals surface area contributed by atoms with E-state index in [0.29, 0.717) is 6.42 Å². The van der Waals surface area contributed by atoms with Gasteiger partial charge in [0.1, 0.15) is 17.5 Å². The fourth-order valence-electron chi connectivity index (χ4n) is 3.03. The maximum Gasteiger partial charge on any atom is 0.326 e. The van der Waals surface area contributed by atoms with Gasteiger partial charge < -0.3 is 19.9 Å². The first-order valence-electron chi connectivity index (χ1n) is 8.82. The van der Waals surface area contributed by atoms with Crippen LogP contribution in [-0.2, 0) is 11.2 Å². The third kappa shape index (κ3) is 4.40. The maximum absolute atomic E-state index is 11.7. The lowest BCUT2D eigenvalue weighted by molar-refractivity contribution is -0.137. The molecule has 6 heteroatoms. The maximum atomic E-state index is 11.7. The molecule has 3 aromatic rings. The normalized spacial score (nSPS) is 11.5. The molecular weight excluding hydrogens is 356 g/mol. The molecule has 0 radical (unpaired) electrons. The number of ether oxygens (including phenoxy) is 2. The minimum atomic E-state index is -0.910. The van der Waals surface area contributed by atoms with Crippen LogP contribution in [0.1, 0.15) is 5.56 Å². The highest BCUT2D eigenvalue weighted by Gasteiger charge is 2.18. The molecule has 0 aliphatic rings. The molecule has 0 aliphatic heterocycles. The van der Waals surface area contributed by atoms with E-state index in [-0.39, 0.29) is 0 Å². The third-order valence-electron chi connectivity index (χ3n) is 4.43. The average molecular weight is 378 g/mol. The summed E-state index contributed by atoms with van der Waals surface area (Å²) >= 11 is 0. The molecule has 3 rings (SSSR count). The number of carbonyl (C=O) groups is 1. The first-order valence-corrected chi connectivity index (χ1v) is 8.82. The fraction of sp³-hybridized carbons (Fsp3) is 0.182. The zero-order chi connectivity index (χ0) is 19.9. The Bertz CT molecular complexity index is 905. The summed E-state index contributed by atoms with van der Waals surface area (Å²) in [5, 5.41) is 12.6. The Morgan fingerprint density at radius 3 is 2.14 bits per heavy atom. The van der Waals surface area contributed by atoms with Crippen molar-refractivity contribution < 1.29 is 19.4 Å². The molecular formula is C22H22N2O4. The number of carboxylic acid groups (broad SMARTS) is 1. The van der Waals surface area contributed by atoms with Gasteiger partial charge in [-0.1, -0.05) is 30.3 Å². The van der Waals surface area contributed by atoms with E-state index in [0.717, 1.165) is 33.9 Å². The second-order valence-electron chi connectivity index (χ2n) is 6.21. The zero-order valence-corrected chi connectivity index (χ0v) is 15.8. The molecule has 0 amide bonds. The molecule has 1 atom stereocenters. The molecule has 0 fully saturated rings. The van der Waals surface area contributed by atoms with Crippen molar-refractivity contribution in [2.24, 2.45) is 0 Å². The quantitative estimate of drug-likeness (QED) is 0.619. The molecule has 1 unspecified atom stereocenters. The van der Waals surface area contributed by atoms with Gasteiger partial charge in [0.05, 0.1) is 19.8 Å². The minimum Gasteiger partial charge on any atom is -0.496 e. The summed E-state index contributed by atoms with van der Waals surface area (Å²) in [6.07, 6.45) is 3.59. The molecule has 0 bridgehead atoms. The van der Waals surface area contributed by atoms with Crippen molar-refractivity contribution in [2.45, 2.75) is 12.5 Å². The van der Waals surface area contributed by atoms with E-state index in [2.05, 4.69) is 10.3 Å². The van der Waals surface area contributed by atoms with E-state index in [9.17, 15) is 9.90 Å². The minimum absolute atomic E-state index is 0.348. The van der Waals surface area contributed by atoms with Crippen LogP contribution >= 0.6 is 0 Å². The number of benzene rings is 2. The Balaban J connectivity index is 1.82.